The van der Waals surface area contributed by atoms with Crippen LogP contribution in [0.2, 0.25) is 0 Å². The Labute approximate surface area is 130 Å². The second kappa shape index (κ2) is 5.49. The van der Waals surface area contributed by atoms with Crippen molar-refractivity contribution in [3.63, 3.8) is 0 Å². The Hall–Kier alpha value is -3.29. The number of aromatic hydroxyl groups is 5. The summed E-state index contributed by atoms with van der Waals surface area (Å²) in [5.74, 6) is -2.71. The molecule has 0 saturated heterocycles. The molecular weight excluding hydrogens is 303 g/mol. The first kappa shape index (κ1) is 16.1. The summed E-state index contributed by atoms with van der Waals surface area (Å²) in [5.41, 5.74) is -0.890. The van der Waals surface area contributed by atoms with Gasteiger partial charge < -0.3 is 29.9 Å². The highest BCUT2D eigenvalue weighted by Gasteiger charge is 2.19. The summed E-state index contributed by atoms with van der Waals surface area (Å²) >= 11 is 0. The van der Waals surface area contributed by atoms with Crippen LogP contribution in [0.4, 0.5) is 0 Å². The zero-order valence-corrected chi connectivity index (χ0v) is 11.5. The fourth-order valence-corrected chi connectivity index (χ4v) is 2.14. The van der Waals surface area contributed by atoms with Crippen molar-refractivity contribution in [3.05, 3.63) is 40.6 Å². The Balaban J connectivity index is 0.00000192. The van der Waals surface area contributed by atoms with Gasteiger partial charge in [-0.15, -0.1) is 0 Å². The fourth-order valence-electron chi connectivity index (χ4n) is 2.14. The van der Waals surface area contributed by atoms with E-state index in [4.69, 9.17) is 4.42 Å². The minimum absolute atomic E-state index is 0. The molecule has 23 heavy (non-hydrogen) atoms. The summed E-state index contributed by atoms with van der Waals surface area (Å²) in [6, 6.07) is 5.64. The van der Waals surface area contributed by atoms with E-state index < -0.39 is 22.7 Å². The standard InChI is InChI=1S/C15H10O7.B/c16-7-4-10(19)12-11(5-7)22-15(14(21)13(12)20)6-1-2-8(17)9(18)3-6;/h1-5,16-19,21H;. The lowest BCUT2D eigenvalue weighted by atomic mass is 10.1. The Morgan fingerprint density at radius 2 is 1.52 bits per heavy atom. The van der Waals surface area contributed by atoms with Crippen molar-refractivity contribution in [2.45, 2.75) is 0 Å². The van der Waals surface area contributed by atoms with E-state index in [9.17, 15) is 30.3 Å². The molecule has 2 aromatic carbocycles. The molecule has 115 valence electrons. The number of phenolic OH excluding ortho intramolecular Hbond substituents is 4. The normalized spacial score (nSPS) is 10.4. The highest BCUT2D eigenvalue weighted by atomic mass is 16.4. The third kappa shape index (κ3) is 2.50. The quantitative estimate of drug-likeness (QED) is 0.340. The zero-order chi connectivity index (χ0) is 16.0. The van der Waals surface area contributed by atoms with Crippen LogP contribution in [0.1, 0.15) is 0 Å². The minimum Gasteiger partial charge on any atom is -0.508 e. The van der Waals surface area contributed by atoms with E-state index in [0.717, 1.165) is 24.3 Å². The van der Waals surface area contributed by atoms with E-state index in [0.29, 0.717) is 0 Å². The summed E-state index contributed by atoms with van der Waals surface area (Å²) in [6.45, 7) is 0. The minimum atomic E-state index is -0.888. The van der Waals surface area contributed by atoms with E-state index in [1.54, 1.807) is 0 Å². The van der Waals surface area contributed by atoms with Crippen molar-refractivity contribution >= 4 is 19.4 Å². The third-order valence-electron chi connectivity index (χ3n) is 3.17. The lowest BCUT2D eigenvalue weighted by Crippen LogP contribution is -2.02. The van der Waals surface area contributed by atoms with Gasteiger partial charge in [-0.2, -0.15) is 0 Å². The van der Waals surface area contributed by atoms with Crippen LogP contribution < -0.4 is 5.43 Å². The fraction of sp³-hybridized carbons (Fsp3) is 0. The molecule has 0 spiro atoms. The van der Waals surface area contributed by atoms with E-state index in [1.807, 2.05) is 0 Å². The van der Waals surface area contributed by atoms with Gasteiger partial charge in [-0.1, -0.05) is 0 Å². The molecule has 3 aromatic rings. The molecule has 5 N–H and O–H groups in total. The SMILES string of the molecule is O=c1c(O)c(-c2ccc(O)c(O)c2)oc2cc(O)cc(O)c12.[B]. The van der Waals surface area contributed by atoms with Gasteiger partial charge >= 0.3 is 0 Å². The smallest absolute Gasteiger partial charge is 0.238 e. The largest absolute Gasteiger partial charge is 0.508 e. The molecule has 0 aliphatic heterocycles. The van der Waals surface area contributed by atoms with Crippen molar-refractivity contribution in [1.29, 1.82) is 0 Å². The molecule has 0 aliphatic rings. The highest BCUT2D eigenvalue weighted by Crippen LogP contribution is 2.37. The molecule has 0 unspecified atom stereocenters. The first-order valence-electron chi connectivity index (χ1n) is 6.12. The molecule has 3 radical (unpaired) electrons. The van der Waals surface area contributed by atoms with Crippen LogP contribution >= 0.6 is 0 Å². The van der Waals surface area contributed by atoms with E-state index in [-0.39, 0.29) is 42.2 Å². The van der Waals surface area contributed by atoms with E-state index in [1.165, 1.54) is 6.07 Å². The van der Waals surface area contributed by atoms with Gasteiger partial charge in [0.2, 0.25) is 11.2 Å². The molecule has 0 bridgehead atoms. The number of phenols is 4. The number of hydrogen-bond acceptors (Lipinski definition) is 7. The van der Waals surface area contributed by atoms with Gasteiger partial charge in [-0.05, 0) is 18.2 Å². The first-order chi connectivity index (χ1) is 10.4. The summed E-state index contributed by atoms with van der Waals surface area (Å²) in [6.07, 6.45) is 0. The van der Waals surface area contributed by atoms with Crippen molar-refractivity contribution in [2.75, 3.05) is 0 Å². The van der Waals surface area contributed by atoms with E-state index in [2.05, 4.69) is 0 Å². The summed E-state index contributed by atoms with van der Waals surface area (Å²) in [4.78, 5) is 12.1. The van der Waals surface area contributed by atoms with Crippen LogP contribution in [0.25, 0.3) is 22.3 Å². The van der Waals surface area contributed by atoms with Crippen LogP contribution in [0, 0.1) is 0 Å². The Morgan fingerprint density at radius 3 is 2.17 bits per heavy atom. The summed E-state index contributed by atoms with van der Waals surface area (Å²) in [7, 11) is 0. The maximum atomic E-state index is 12.1. The van der Waals surface area contributed by atoms with Crippen LogP contribution in [0.3, 0.4) is 0 Å². The molecular formula is C15H10BO7. The van der Waals surface area contributed by atoms with Crippen molar-refractivity contribution in [2.24, 2.45) is 0 Å². The Bertz CT molecular complexity index is 962. The van der Waals surface area contributed by atoms with Crippen molar-refractivity contribution < 1.29 is 29.9 Å². The molecule has 1 heterocycles. The average molecular weight is 313 g/mol. The molecule has 0 aliphatic carbocycles. The zero-order valence-electron chi connectivity index (χ0n) is 11.5. The van der Waals surface area contributed by atoms with Gasteiger partial charge in [-0.25, -0.2) is 0 Å². The predicted octanol–water partition coefficient (Wildman–Crippen LogP) is 1.61. The monoisotopic (exact) mass is 313 g/mol. The van der Waals surface area contributed by atoms with Crippen LogP contribution in [-0.2, 0) is 0 Å². The van der Waals surface area contributed by atoms with E-state index >= 15 is 0 Å². The molecule has 3 rings (SSSR count). The second-order valence-corrected chi connectivity index (χ2v) is 4.65. The molecule has 8 heteroatoms. The molecule has 0 saturated carbocycles. The molecule has 0 fully saturated rings. The van der Waals surface area contributed by atoms with Gasteiger partial charge in [0.25, 0.3) is 0 Å². The summed E-state index contributed by atoms with van der Waals surface area (Å²) in [5, 5.41) is 47.6. The predicted molar refractivity (Wildman–Crippen MR) is 82.0 cm³/mol. The van der Waals surface area contributed by atoms with Crippen molar-refractivity contribution in [3.8, 4) is 40.1 Å². The third-order valence-corrected chi connectivity index (χ3v) is 3.17. The number of benzene rings is 2. The maximum Gasteiger partial charge on any atom is 0.238 e. The van der Waals surface area contributed by atoms with Crippen LogP contribution in [-0.4, -0.2) is 33.9 Å². The van der Waals surface area contributed by atoms with Gasteiger partial charge in [0.05, 0.1) is 0 Å². The van der Waals surface area contributed by atoms with Gasteiger partial charge in [0.15, 0.2) is 17.3 Å². The van der Waals surface area contributed by atoms with Crippen molar-refractivity contribution in [1.82, 2.24) is 0 Å². The molecule has 7 nitrogen and oxygen atoms in total. The van der Waals surface area contributed by atoms with Crippen LogP contribution in [0.5, 0.6) is 28.7 Å². The molecule has 0 atom stereocenters. The Morgan fingerprint density at radius 1 is 0.826 bits per heavy atom. The number of hydrogen-bond donors (Lipinski definition) is 5. The highest BCUT2D eigenvalue weighted by molar-refractivity contribution is 5.88. The number of fused-ring (bicyclic) bond motifs is 1. The Kier molecular flexibility index (Phi) is 3.84. The first-order valence-corrected chi connectivity index (χ1v) is 6.12. The lowest BCUT2D eigenvalue weighted by Gasteiger charge is -2.08. The average Bonchev–Trinajstić information content (AvgIpc) is 2.45. The van der Waals surface area contributed by atoms with Gasteiger partial charge in [0.1, 0.15) is 22.5 Å². The van der Waals surface area contributed by atoms with Gasteiger partial charge in [-0.3, -0.25) is 4.79 Å². The molecule has 0 amide bonds. The van der Waals surface area contributed by atoms with Crippen LogP contribution in [0.15, 0.2) is 39.5 Å². The number of rotatable bonds is 1. The molecule has 1 aromatic heterocycles. The maximum absolute atomic E-state index is 12.1. The lowest BCUT2D eigenvalue weighted by molar-refractivity contribution is 0.403. The summed E-state index contributed by atoms with van der Waals surface area (Å²) < 4.78 is 5.35. The topological polar surface area (TPSA) is 131 Å². The second-order valence-electron chi connectivity index (χ2n) is 4.65. The van der Waals surface area contributed by atoms with Gasteiger partial charge in [0, 0.05) is 26.1 Å².